The normalized spacial score (nSPS) is 10.6. The summed E-state index contributed by atoms with van der Waals surface area (Å²) in [6, 6.07) is 9.30. The zero-order valence-corrected chi connectivity index (χ0v) is 12.4. The molecule has 0 saturated heterocycles. The van der Waals surface area contributed by atoms with Crippen LogP contribution in [0.1, 0.15) is 15.9 Å². The lowest BCUT2D eigenvalue weighted by Crippen LogP contribution is -2.01. The Bertz CT molecular complexity index is 662. The van der Waals surface area contributed by atoms with E-state index < -0.39 is 11.8 Å². The van der Waals surface area contributed by atoms with Crippen LogP contribution in [0, 0.1) is 5.82 Å². The fourth-order valence-corrected chi connectivity index (χ4v) is 2.80. The Morgan fingerprint density at radius 3 is 2.55 bits per heavy atom. The largest absolute Gasteiger partial charge is 0.478 e. The summed E-state index contributed by atoms with van der Waals surface area (Å²) in [5, 5.41) is 9.80. The molecule has 0 aliphatic rings. The molecule has 0 bridgehead atoms. The molecule has 1 N–H and O–H groups in total. The topological polar surface area (TPSA) is 37.3 Å². The first-order valence-electron chi connectivity index (χ1n) is 5.57. The third-order valence-corrected chi connectivity index (χ3v) is 4.36. The Balaban J connectivity index is 2.12. The van der Waals surface area contributed by atoms with Gasteiger partial charge in [-0.05, 0) is 35.9 Å². The highest BCUT2D eigenvalue weighted by atomic mass is 35.5. The highest BCUT2D eigenvalue weighted by Gasteiger charge is 2.11. The van der Waals surface area contributed by atoms with E-state index in [4.69, 9.17) is 28.3 Å². The van der Waals surface area contributed by atoms with Crippen LogP contribution < -0.4 is 0 Å². The molecule has 104 valence electrons. The lowest BCUT2D eigenvalue weighted by atomic mass is 10.1. The van der Waals surface area contributed by atoms with Gasteiger partial charge in [-0.1, -0.05) is 29.3 Å². The van der Waals surface area contributed by atoms with Crippen LogP contribution in [0.2, 0.25) is 10.0 Å². The van der Waals surface area contributed by atoms with Gasteiger partial charge in [0.25, 0.3) is 0 Å². The fraction of sp³-hybridized carbons (Fsp3) is 0.0714. The molecule has 0 aromatic heterocycles. The molecule has 2 aromatic carbocycles. The minimum Gasteiger partial charge on any atom is -0.478 e. The highest BCUT2D eigenvalue weighted by molar-refractivity contribution is 7.98. The lowest BCUT2D eigenvalue weighted by molar-refractivity contribution is 0.0692. The number of benzene rings is 2. The van der Waals surface area contributed by atoms with Crippen molar-refractivity contribution in [3.8, 4) is 0 Å². The SMILES string of the molecule is O=C(O)c1cc(CSc2ccc(Cl)c(Cl)c2)ccc1F. The zero-order valence-electron chi connectivity index (χ0n) is 10.1. The van der Waals surface area contributed by atoms with E-state index in [1.165, 1.54) is 17.8 Å². The number of aromatic carboxylic acids is 1. The van der Waals surface area contributed by atoms with Gasteiger partial charge in [0, 0.05) is 10.6 Å². The molecule has 0 spiro atoms. The van der Waals surface area contributed by atoms with Gasteiger partial charge in [-0.15, -0.1) is 11.8 Å². The summed E-state index contributed by atoms with van der Waals surface area (Å²) in [6.45, 7) is 0. The van der Waals surface area contributed by atoms with Gasteiger partial charge in [-0.25, -0.2) is 9.18 Å². The predicted molar refractivity (Wildman–Crippen MR) is 79.4 cm³/mol. The van der Waals surface area contributed by atoms with Crippen molar-refractivity contribution >= 4 is 40.9 Å². The Morgan fingerprint density at radius 2 is 1.90 bits per heavy atom. The Morgan fingerprint density at radius 1 is 1.15 bits per heavy atom. The molecule has 0 unspecified atom stereocenters. The maximum Gasteiger partial charge on any atom is 0.338 e. The van der Waals surface area contributed by atoms with Crippen molar-refractivity contribution in [3.05, 3.63) is 63.4 Å². The number of carbonyl (C=O) groups is 1. The van der Waals surface area contributed by atoms with Gasteiger partial charge in [0.05, 0.1) is 15.6 Å². The summed E-state index contributed by atoms with van der Waals surface area (Å²) >= 11 is 13.2. The van der Waals surface area contributed by atoms with E-state index in [1.807, 2.05) is 6.07 Å². The average Bonchev–Trinajstić information content (AvgIpc) is 2.41. The van der Waals surface area contributed by atoms with E-state index in [0.29, 0.717) is 15.8 Å². The molecule has 0 fully saturated rings. The van der Waals surface area contributed by atoms with Gasteiger partial charge in [-0.3, -0.25) is 0 Å². The molecule has 2 nitrogen and oxygen atoms in total. The van der Waals surface area contributed by atoms with Crippen LogP contribution in [0.3, 0.4) is 0 Å². The van der Waals surface area contributed by atoms with Crippen molar-refractivity contribution in [2.75, 3.05) is 0 Å². The first-order valence-corrected chi connectivity index (χ1v) is 7.31. The molecule has 20 heavy (non-hydrogen) atoms. The number of thioether (sulfide) groups is 1. The molecule has 6 heteroatoms. The summed E-state index contributed by atoms with van der Waals surface area (Å²) in [7, 11) is 0. The average molecular weight is 331 g/mol. The summed E-state index contributed by atoms with van der Waals surface area (Å²) < 4.78 is 13.3. The Kier molecular flexibility index (Phi) is 4.91. The van der Waals surface area contributed by atoms with Crippen molar-refractivity contribution in [2.24, 2.45) is 0 Å². The molecular weight excluding hydrogens is 322 g/mol. The van der Waals surface area contributed by atoms with Crippen LogP contribution in [0.5, 0.6) is 0 Å². The van der Waals surface area contributed by atoms with E-state index in [2.05, 4.69) is 0 Å². The highest BCUT2D eigenvalue weighted by Crippen LogP contribution is 2.30. The van der Waals surface area contributed by atoms with Gasteiger partial charge in [0.2, 0.25) is 0 Å². The molecule has 0 heterocycles. The standard InChI is InChI=1S/C14H9Cl2FO2S/c15-11-3-2-9(6-12(11)16)20-7-8-1-4-13(17)10(5-8)14(18)19/h1-6H,7H2,(H,18,19). The van der Waals surface area contributed by atoms with Crippen molar-refractivity contribution in [1.29, 1.82) is 0 Å². The Labute approximate surface area is 129 Å². The zero-order chi connectivity index (χ0) is 14.7. The van der Waals surface area contributed by atoms with E-state index in [0.717, 1.165) is 16.5 Å². The van der Waals surface area contributed by atoms with Crippen LogP contribution in [0.25, 0.3) is 0 Å². The van der Waals surface area contributed by atoms with Crippen LogP contribution in [-0.4, -0.2) is 11.1 Å². The number of rotatable bonds is 4. The first kappa shape index (κ1) is 15.2. The monoisotopic (exact) mass is 330 g/mol. The molecular formula is C14H9Cl2FO2S. The van der Waals surface area contributed by atoms with E-state index in [1.54, 1.807) is 18.2 Å². The number of carboxylic acids is 1. The molecule has 0 aliphatic heterocycles. The second-order valence-electron chi connectivity index (χ2n) is 3.98. The van der Waals surface area contributed by atoms with Crippen molar-refractivity contribution < 1.29 is 14.3 Å². The number of halogens is 3. The number of hydrogen-bond acceptors (Lipinski definition) is 2. The number of carboxylic acid groups (broad SMARTS) is 1. The molecule has 0 saturated carbocycles. The quantitative estimate of drug-likeness (QED) is 0.790. The van der Waals surface area contributed by atoms with Crippen LogP contribution in [-0.2, 0) is 5.75 Å². The van der Waals surface area contributed by atoms with Crippen LogP contribution in [0.4, 0.5) is 4.39 Å². The van der Waals surface area contributed by atoms with Crippen LogP contribution in [0.15, 0.2) is 41.3 Å². The Hall–Kier alpha value is -1.23. The van der Waals surface area contributed by atoms with Gasteiger partial charge < -0.3 is 5.11 Å². The first-order chi connectivity index (χ1) is 9.47. The molecule has 0 amide bonds. The van der Waals surface area contributed by atoms with Gasteiger partial charge in [0.15, 0.2) is 0 Å². The third-order valence-electron chi connectivity index (χ3n) is 2.56. The minimum absolute atomic E-state index is 0.322. The van der Waals surface area contributed by atoms with Gasteiger partial charge in [0.1, 0.15) is 5.82 Å². The summed E-state index contributed by atoms with van der Waals surface area (Å²) in [5.74, 6) is -1.50. The lowest BCUT2D eigenvalue weighted by Gasteiger charge is -2.05. The molecule has 2 rings (SSSR count). The van der Waals surface area contributed by atoms with Gasteiger partial charge in [-0.2, -0.15) is 0 Å². The second-order valence-corrected chi connectivity index (χ2v) is 5.85. The second kappa shape index (κ2) is 6.48. The summed E-state index contributed by atoms with van der Waals surface area (Å²) in [4.78, 5) is 11.8. The smallest absolute Gasteiger partial charge is 0.338 e. The van der Waals surface area contributed by atoms with E-state index in [-0.39, 0.29) is 5.56 Å². The van der Waals surface area contributed by atoms with Gasteiger partial charge >= 0.3 is 5.97 Å². The summed E-state index contributed by atoms with van der Waals surface area (Å²) in [6.07, 6.45) is 0. The maximum atomic E-state index is 13.3. The maximum absolute atomic E-state index is 13.3. The van der Waals surface area contributed by atoms with Crippen molar-refractivity contribution in [1.82, 2.24) is 0 Å². The van der Waals surface area contributed by atoms with Crippen molar-refractivity contribution in [2.45, 2.75) is 10.6 Å². The summed E-state index contributed by atoms with van der Waals surface area (Å²) in [5.41, 5.74) is 0.400. The third kappa shape index (κ3) is 3.66. The van der Waals surface area contributed by atoms with Crippen LogP contribution >= 0.6 is 35.0 Å². The molecule has 2 aromatic rings. The fourth-order valence-electron chi connectivity index (χ4n) is 1.56. The van der Waals surface area contributed by atoms with E-state index >= 15 is 0 Å². The molecule has 0 atom stereocenters. The molecule has 0 radical (unpaired) electrons. The van der Waals surface area contributed by atoms with Crippen molar-refractivity contribution in [3.63, 3.8) is 0 Å². The van der Waals surface area contributed by atoms with E-state index in [9.17, 15) is 9.18 Å². The molecule has 0 aliphatic carbocycles. The minimum atomic E-state index is -1.27. The predicted octanol–water partition coefficient (Wildman–Crippen LogP) is 5.12. The number of hydrogen-bond donors (Lipinski definition) is 1.